The van der Waals surface area contributed by atoms with Gasteiger partial charge in [0.1, 0.15) is 0 Å². The zero-order valence-corrected chi connectivity index (χ0v) is 13.3. The van der Waals surface area contributed by atoms with Gasteiger partial charge in [0.15, 0.2) is 0 Å². The summed E-state index contributed by atoms with van der Waals surface area (Å²) < 4.78 is 5.33. The fraction of sp³-hybridized carbons (Fsp3) is 0.556. The molecule has 0 bridgehead atoms. The van der Waals surface area contributed by atoms with Gasteiger partial charge in [-0.3, -0.25) is 0 Å². The summed E-state index contributed by atoms with van der Waals surface area (Å²) >= 11 is -0.645. The van der Waals surface area contributed by atoms with Crippen molar-refractivity contribution in [2.75, 3.05) is 0 Å². The molecule has 0 spiro atoms. The van der Waals surface area contributed by atoms with Crippen molar-refractivity contribution in [2.45, 2.75) is 32.7 Å². The van der Waals surface area contributed by atoms with Crippen LogP contribution in [0.4, 0.5) is 0 Å². The third kappa shape index (κ3) is 7.92. The van der Waals surface area contributed by atoms with E-state index in [4.69, 9.17) is 0 Å². The second-order valence-electron chi connectivity index (χ2n) is 3.82. The molecule has 0 aromatic rings. The number of allylic oxidation sites excluding steroid dienone is 4. The Hall–Kier alpha value is 0.890. The van der Waals surface area contributed by atoms with E-state index in [9.17, 15) is 0 Å². The Morgan fingerprint density at radius 3 is 2.31 bits per heavy atom. The standard InChI is InChI=1S/C5H5.C4H10N.2ClH.Hf/c1-2-4-5-3-1;1-4(2,3)5;;;/h1-3H,4H2;5H,1-3H3;2*1H;/q;-1;;;+3/p-2. The van der Waals surface area contributed by atoms with Crippen molar-refractivity contribution in [1.29, 1.82) is 0 Å². The topological polar surface area (TPSA) is 12.0 Å². The summed E-state index contributed by atoms with van der Waals surface area (Å²) in [6.45, 7) is 6.72. The molecule has 0 saturated heterocycles. The van der Waals surface area contributed by atoms with Crippen molar-refractivity contribution in [2.24, 2.45) is 0 Å². The Balaban J connectivity index is 0. The second-order valence-corrected chi connectivity index (χ2v) is 7.93. The van der Waals surface area contributed by atoms with Gasteiger partial charge in [-0.25, -0.2) is 0 Å². The van der Waals surface area contributed by atoms with E-state index in [1.165, 1.54) is 6.42 Å². The Morgan fingerprint density at radius 2 is 1.92 bits per heavy atom. The number of nitrogens with one attached hydrogen (secondary N) is 1. The summed E-state index contributed by atoms with van der Waals surface area (Å²) in [7, 11) is 0. The molecule has 0 unspecified atom stereocenters. The van der Waals surface area contributed by atoms with Crippen LogP contribution in [0.2, 0.25) is 0 Å². The minimum Gasteiger partial charge on any atom is -1.00 e. The summed E-state index contributed by atoms with van der Waals surface area (Å²) in [6.07, 6.45) is 7.91. The Morgan fingerprint density at radius 1 is 1.31 bits per heavy atom. The summed E-state index contributed by atoms with van der Waals surface area (Å²) in [4.78, 5) is 0. The number of hydrogen-bond donors (Lipinski definition) is 1. The average Bonchev–Trinajstić information content (AvgIpc) is 2.32. The summed E-state index contributed by atoms with van der Waals surface area (Å²) in [5.41, 5.74) is 0.326. The largest absolute Gasteiger partial charge is 1.00 e. The zero-order chi connectivity index (χ0) is 8.32. The van der Waals surface area contributed by atoms with E-state index >= 15 is 0 Å². The maximum Gasteiger partial charge on any atom is -1.00 e. The van der Waals surface area contributed by atoms with Crippen molar-refractivity contribution in [3.8, 4) is 0 Å². The molecule has 1 N–H and O–H groups in total. The van der Waals surface area contributed by atoms with Gasteiger partial charge in [0, 0.05) is 0 Å². The van der Waals surface area contributed by atoms with E-state index in [0.29, 0.717) is 5.54 Å². The first-order chi connectivity index (χ1) is 5.08. The first-order valence-corrected chi connectivity index (χ1v) is 7.56. The van der Waals surface area contributed by atoms with Gasteiger partial charge in [-0.2, -0.15) is 0 Å². The van der Waals surface area contributed by atoms with E-state index < -0.39 is 23.2 Å². The van der Waals surface area contributed by atoms with E-state index in [0.717, 1.165) is 0 Å². The molecule has 1 nitrogen and oxygen atoms in total. The average molecular weight is 387 g/mol. The van der Waals surface area contributed by atoms with E-state index in [1.54, 1.807) is 3.33 Å². The van der Waals surface area contributed by atoms with Crippen molar-refractivity contribution < 1.29 is 48.0 Å². The molecule has 4 heteroatoms. The third-order valence-corrected chi connectivity index (χ3v) is 7.00. The molecule has 0 radical (unpaired) electrons. The normalized spacial score (nSPS) is 13.9. The second kappa shape index (κ2) is 7.22. The minimum atomic E-state index is -0.645. The molecule has 0 aromatic heterocycles. The minimum absolute atomic E-state index is 0. The van der Waals surface area contributed by atoms with Crippen LogP contribution in [-0.4, -0.2) is 5.54 Å². The smallest absolute Gasteiger partial charge is 1.00 e. The number of hydrogen-bond acceptors (Lipinski definition) is 1. The molecule has 0 heterocycles. The molecule has 0 amide bonds. The predicted octanol–water partition coefficient (Wildman–Crippen LogP) is -3.78. The fourth-order valence-electron chi connectivity index (χ4n) is 0.808. The molecule has 0 fully saturated rings. The Kier molecular flexibility index (Phi) is 9.06. The molecule has 1 aliphatic carbocycles. The van der Waals surface area contributed by atoms with Gasteiger partial charge < -0.3 is 24.8 Å². The molecule has 0 atom stereocenters. The van der Waals surface area contributed by atoms with E-state index in [2.05, 4.69) is 42.3 Å². The van der Waals surface area contributed by atoms with Gasteiger partial charge in [-0.15, -0.1) is 0 Å². The van der Waals surface area contributed by atoms with Gasteiger partial charge in [-0.1, -0.05) is 0 Å². The molecular weight excluding hydrogens is 372 g/mol. The summed E-state index contributed by atoms with van der Waals surface area (Å²) in [6, 6.07) is 0. The van der Waals surface area contributed by atoms with Gasteiger partial charge in [0.25, 0.3) is 0 Å². The Labute approximate surface area is 105 Å². The van der Waals surface area contributed by atoms with Crippen LogP contribution in [0.3, 0.4) is 0 Å². The van der Waals surface area contributed by atoms with Crippen LogP contribution in [0.25, 0.3) is 0 Å². The first kappa shape index (κ1) is 16.3. The molecular formula is C9H15Cl2HfN. The van der Waals surface area contributed by atoms with Crippen molar-refractivity contribution in [3.63, 3.8) is 0 Å². The SMILES string of the molecule is CC(C)(C)[NH][Hf+2][C]1=CC=CC1.[Cl-].[Cl-]. The first-order valence-electron chi connectivity index (χ1n) is 3.97. The van der Waals surface area contributed by atoms with Crippen LogP contribution in [0.15, 0.2) is 21.6 Å². The van der Waals surface area contributed by atoms with Crippen LogP contribution in [0.5, 0.6) is 0 Å². The molecule has 0 aliphatic heterocycles. The quantitative estimate of drug-likeness (QED) is 0.481. The van der Waals surface area contributed by atoms with Crippen molar-refractivity contribution >= 4 is 0 Å². The molecule has 1 rings (SSSR count). The molecule has 0 aromatic carbocycles. The Bertz CT molecular complexity index is 194. The zero-order valence-electron chi connectivity index (χ0n) is 8.20. The summed E-state index contributed by atoms with van der Waals surface area (Å²) in [5, 5.41) is 0. The van der Waals surface area contributed by atoms with Crippen LogP contribution in [0, 0.1) is 0 Å². The van der Waals surface area contributed by atoms with Crippen LogP contribution >= 0.6 is 0 Å². The van der Waals surface area contributed by atoms with Crippen LogP contribution in [-0.2, 0) is 23.2 Å². The van der Waals surface area contributed by atoms with Gasteiger partial charge >= 0.3 is 80.8 Å². The van der Waals surface area contributed by atoms with E-state index in [-0.39, 0.29) is 24.8 Å². The van der Waals surface area contributed by atoms with E-state index in [1.807, 2.05) is 0 Å². The van der Waals surface area contributed by atoms with Crippen molar-refractivity contribution in [1.82, 2.24) is 3.30 Å². The fourth-order valence-corrected chi connectivity index (χ4v) is 4.17. The monoisotopic (exact) mass is 387 g/mol. The maximum atomic E-state index is 3.65. The van der Waals surface area contributed by atoms with Gasteiger partial charge in [0.05, 0.1) is 0 Å². The molecule has 74 valence electrons. The van der Waals surface area contributed by atoms with Crippen LogP contribution < -0.4 is 28.1 Å². The molecule has 0 saturated carbocycles. The van der Waals surface area contributed by atoms with Gasteiger partial charge in [0.2, 0.25) is 0 Å². The number of rotatable bonds is 2. The van der Waals surface area contributed by atoms with Crippen LogP contribution in [0.1, 0.15) is 27.2 Å². The predicted molar refractivity (Wildman–Crippen MR) is 44.7 cm³/mol. The molecule has 13 heavy (non-hydrogen) atoms. The third-order valence-electron chi connectivity index (χ3n) is 1.37. The van der Waals surface area contributed by atoms with Gasteiger partial charge in [-0.05, 0) is 0 Å². The summed E-state index contributed by atoms with van der Waals surface area (Å²) in [5.74, 6) is 0. The maximum absolute atomic E-state index is 3.65. The van der Waals surface area contributed by atoms with Crippen molar-refractivity contribution in [3.05, 3.63) is 21.6 Å². The number of halogens is 2. The molecule has 1 aliphatic rings.